The van der Waals surface area contributed by atoms with Crippen molar-refractivity contribution in [2.24, 2.45) is 0 Å². The molecule has 1 saturated heterocycles. The minimum absolute atomic E-state index is 0.0920. The predicted octanol–water partition coefficient (Wildman–Crippen LogP) is 2.15. The zero-order chi connectivity index (χ0) is 14.9. The van der Waals surface area contributed by atoms with Crippen LogP contribution in [0.25, 0.3) is 0 Å². The summed E-state index contributed by atoms with van der Waals surface area (Å²) in [5.41, 5.74) is 4.57. The Kier molecular flexibility index (Phi) is 4.12. The van der Waals surface area contributed by atoms with Gasteiger partial charge in [0, 0.05) is 12.3 Å². The van der Waals surface area contributed by atoms with Crippen LogP contribution in [0.15, 0.2) is 12.1 Å². The number of hydrogen-bond donors (Lipinski definition) is 1. The molecule has 20 heavy (non-hydrogen) atoms. The monoisotopic (exact) mass is 275 g/mol. The zero-order valence-corrected chi connectivity index (χ0v) is 12.4. The van der Waals surface area contributed by atoms with Crippen LogP contribution in [-0.2, 0) is 14.3 Å². The number of nitrogens with one attached hydrogen (secondary N) is 1. The molecule has 2 unspecified atom stereocenters. The van der Waals surface area contributed by atoms with E-state index in [0.717, 1.165) is 11.1 Å². The van der Waals surface area contributed by atoms with Crippen LogP contribution >= 0.6 is 0 Å². The van der Waals surface area contributed by atoms with Crippen molar-refractivity contribution in [3.63, 3.8) is 0 Å². The van der Waals surface area contributed by atoms with E-state index in [0.29, 0.717) is 13.0 Å². The first-order valence-corrected chi connectivity index (χ1v) is 6.97. The summed E-state index contributed by atoms with van der Waals surface area (Å²) in [7, 11) is 0. The molecule has 2 atom stereocenters. The molecule has 108 valence electrons. The molecule has 0 saturated carbocycles. The Morgan fingerprint density at radius 1 is 1.25 bits per heavy atom. The van der Waals surface area contributed by atoms with Crippen LogP contribution in [0.2, 0.25) is 0 Å². The topological polar surface area (TPSA) is 55.4 Å². The Labute approximate surface area is 119 Å². The first-order valence-electron chi connectivity index (χ1n) is 6.97. The Bertz CT molecular complexity index is 551. The number of amides is 1. The largest absolute Gasteiger partial charge is 0.464 e. The minimum Gasteiger partial charge on any atom is -0.464 e. The highest BCUT2D eigenvalue weighted by Crippen LogP contribution is 2.32. The summed E-state index contributed by atoms with van der Waals surface area (Å²) >= 11 is 0. The molecular formula is C16H21NO3. The summed E-state index contributed by atoms with van der Waals surface area (Å²) in [4.78, 5) is 23.7. The smallest absolute Gasteiger partial charge is 0.329 e. The first kappa shape index (κ1) is 14.6. The number of ether oxygens (including phenoxy) is 1. The van der Waals surface area contributed by atoms with Gasteiger partial charge in [-0.05, 0) is 49.9 Å². The lowest BCUT2D eigenvalue weighted by molar-refractivity contribution is -0.146. The highest BCUT2D eigenvalue weighted by Gasteiger charge is 2.39. The first-order chi connectivity index (χ1) is 9.43. The maximum Gasteiger partial charge on any atom is 0.329 e. The number of aryl methyl sites for hydroxylation is 3. The number of carbonyl (C=O) groups is 2. The molecule has 1 aromatic rings. The van der Waals surface area contributed by atoms with Crippen molar-refractivity contribution in [1.82, 2.24) is 5.32 Å². The average Bonchev–Trinajstić information content (AvgIpc) is 2.76. The van der Waals surface area contributed by atoms with Crippen LogP contribution in [0.1, 0.15) is 41.5 Å². The van der Waals surface area contributed by atoms with Crippen molar-refractivity contribution in [3.05, 3.63) is 34.4 Å². The van der Waals surface area contributed by atoms with Gasteiger partial charge in [-0.1, -0.05) is 12.1 Å². The minimum atomic E-state index is -0.566. The average molecular weight is 275 g/mol. The van der Waals surface area contributed by atoms with Crippen molar-refractivity contribution < 1.29 is 14.3 Å². The van der Waals surface area contributed by atoms with E-state index in [1.54, 1.807) is 6.92 Å². The van der Waals surface area contributed by atoms with E-state index in [1.165, 1.54) is 11.1 Å². The molecule has 1 fully saturated rings. The second-order valence-electron chi connectivity index (χ2n) is 5.40. The van der Waals surface area contributed by atoms with Crippen LogP contribution in [0.4, 0.5) is 0 Å². The van der Waals surface area contributed by atoms with E-state index in [1.807, 2.05) is 13.8 Å². The summed E-state index contributed by atoms with van der Waals surface area (Å²) in [6.45, 7) is 8.22. The molecule has 0 aromatic heterocycles. The lowest BCUT2D eigenvalue weighted by Crippen LogP contribution is -2.37. The van der Waals surface area contributed by atoms with E-state index in [-0.39, 0.29) is 17.8 Å². The molecule has 4 nitrogen and oxygen atoms in total. The molecule has 1 N–H and O–H groups in total. The normalized spacial score (nSPS) is 21.7. The molecule has 1 aliphatic rings. The van der Waals surface area contributed by atoms with E-state index < -0.39 is 6.04 Å². The quantitative estimate of drug-likeness (QED) is 0.860. The van der Waals surface area contributed by atoms with Gasteiger partial charge in [0.1, 0.15) is 6.04 Å². The zero-order valence-electron chi connectivity index (χ0n) is 12.4. The number of rotatable bonds is 3. The van der Waals surface area contributed by atoms with E-state index >= 15 is 0 Å². The van der Waals surface area contributed by atoms with Gasteiger partial charge in [-0.25, -0.2) is 4.79 Å². The van der Waals surface area contributed by atoms with Crippen molar-refractivity contribution in [2.45, 2.75) is 46.1 Å². The Morgan fingerprint density at radius 3 is 2.55 bits per heavy atom. The van der Waals surface area contributed by atoms with Gasteiger partial charge < -0.3 is 10.1 Å². The van der Waals surface area contributed by atoms with Crippen LogP contribution in [-0.4, -0.2) is 24.5 Å². The van der Waals surface area contributed by atoms with Crippen molar-refractivity contribution in [2.75, 3.05) is 6.61 Å². The second kappa shape index (κ2) is 5.65. The molecular weight excluding hydrogens is 254 g/mol. The van der Waals surface area contributed by atoms with Crippen LogP contribution in [0, 0.1) is 20.8 Å². The van der Waals surface area contributed by atoms with Crippen molar-refractivity contribution in [3.8, 4) is 0 Å². The van der Waals surface area contributed by atoms with E-state index in [4.69, 9.17) is 4.74 Å². The molecule has 0 bridgehead atoms. The molecule has 1 aliphatic heterocycles. The molecule has 1 amide bonds. The highest BCUT2D eigenvalue weighted by molar-refractivity contribution is 5.90. The standard InChI is InChI=1S/C16H21NO3/c1-5-20-16(19)15-13(8-14(18)17-15)12-7-10(3)9(2)6-11(12)4/h6-7,13,15H,5,8H2,1-4H3,(H,17,18). The van der Waals surface area contributed by atoms with E-state index in [2.05, 4.69) is 24.4 Å². The van der Waals surface area contributed by atoms with Crippen LogP contribution in [0.3, 0.4) is 0 Å². The van der Waals surface area contributed by atoms with Gasteiger partial charge in [-0.3, -0.25) is 4.79 Å². The number of carbonyl (C=O) groups excluding carboxylic acids is 2. The van der Waals surface area contributed by atoms with Gasteiger partial charge in [0.2, 0.25) is 5.91 Å². The van der Waals surface area contributed by atoms with Gasteiger partial charge in [0.25, 0.3) is 0 Å². The highest BCUT2D eigenvalue weighted by atomic mass is 16.5. The van der Waals surface area contributed by atoms with Crippen molar-refractivity contribution >= 4 is 11.9 Å². The molecule has 1 heterocycles. The number of benzene rings is 1. The predicted molar refractivity (Wildman–Crippen MR) is 76.6 cm³/mol. The third kappa shape index (κ3) is 2.69. The maximum atomic E-state index is 12.0. The third-order valence-corrected chi connectivity index (χ3v) is 3.95. The van der Waals surface area contributed by atoms with E-state index in [9.17, 15) is 9.59 Å². The van der Waals surface area contributed by atoms with Gasteiger partial charge >= 0.3 is 5.97 Å². The van der Waals surface area contributed by atoms with Gasteiger partial charge in [0.15, 0.2) is 0 Å². The second-order valence-corrected chi connectivity index (χ2v) is 5.40. The summed E-state index contributed by atoms with van der Waals surface area (Å²) in [6.07, 6.45) is 0.340. The Balaban J connectivity index is 2.36. The lowest BCUT2D eigenvalue weighted by Gasteiger charge is -2.20. The maximum absolute atomic E-state index is 12.0. The number of hydrogen-bond acceptors (Lipinski definition) is 3. The fourth-order valence-electron chi connectivity index (χ4n) is 2.78. The summed E-state index contributed by atoms with van der Waals surface area (Å²) in [5.74, 6) is -0.576. The fourth-order valence-corrected chi connectivity index (χ4v) is 2.78. The fraction of sp³-hybridized carbons (Fsp3) is 0.500. The summed E-state index contributed by atoms with van der Waals surface area (Å²) in [6, 6.07) is 3.63. The third-order valence-electron chi connectivity index (χ3n) is 3.95. The SMILES string of the molecule is CCOC(=O)C1NC(=O)CC1c1cc(C)c(C)cc1C. The van der Waals surface area contributed by atoms with Crippen LogP contribution in [0.5, 0.6) is 0 Å². The van der Waals surface area contributed by atoms with Gasteiger partial charge in [-0.2, -0.15) is 0 Å². The Hall–Kier alpha value is -1.84. The summed E-state index contributed by atoms with van der Waals surface area (Å²) < 4.78 is 5.07. The van der Waals surface area contributed by atoms with Gasteiger partial charge in [0.05, 0.1) is 6.61 Å². The molecule has 2 rings (SSSR count). The lowest BCUT2D eigenvalue weighted by atomic mass is 9.86. The van der Waals surface area contributed by atoms with Crippen molar-refractivity contribution in [1.29, 1.82) is 0 Å². The molecule has 0 spiro atoms. The number of esters is 1. The molecule has 0 aliphatic carbocycles. The molecule has 4 heteroatoms. The Morgan fingerprint density at radius 2 is 1.90 bits per heavy atom. The van der Waals surface area contributed by atoms with Crippen LogP contribution < -0.4 is 5.32 Å². The molecule has 1 aromatic carbocycles. The summed E-state index contributed by atoms with van der Waals surface area (Å²) in [5, 5.41) is 2.73. The van der Waals surface area contributed by atoms with Gasteiger partial charge in [-0.15, -0.1) is 0 Å². The molecule has 0 radical (unpaired) electrons.